The summed E-state index contributed by atoms with van der Waals surface area (Å²) in [5.41, 5.74) is -0.399. The molecule has 7 rings (SSSR count). The van der Waals surface area contributed by atoms with Gasteiger partial charge in [-0.15, -0.1) is 11.3 Å². The Morgan fingerprint density at radius 3 is 2.67 bits per heavy atom. The minimum Gasteiger partial charge on any atom is -0.444 e. The van der Waals surface area contributed by atoms with Crippen molar-refractivity contribution in [3.05, 3.63) is 58.4 Å². The van der Waals surface area contributed by atoms with Gasteiger partial charge in [0.25, 0.3) is 5.91 Å². The third-order valence-electron chi connectivity index (χ3n) is 10.7. The van der Waals surface area contributed by atoms with Gasteiger partial charge in [0.15, 0.2) is 5.13 Å². The van der Waals surface area contributed by atoms with Gasteiger partial charge >= 0.3 is 6.09 Å². The molecule has 3 N–H and O–H groups in total. The Kier molecular flexibility index (Phi) is 10.1. The van der Waals surface area contributed by atoms with Crippen LogP contribution >= 0.6 is 11.3 Å². The Morgan fingerprint density at radius 1 is 1.13 bits per heavy atom. The minimum absolute atomic E-state index is 0.0363. The van der Waals surface area contributed by atoms with Gasteiger partial charge in [0.05, 0.1) is 18.3 Å². The Hall–Kier alpha value is -4.05. The maximum Gasteiger partial charge on any atom is 0.410 e. The summed E-state index contributed by atoms with van der Waals surface area (Å²) in [6.45, 7) is 4.25. The van der Waals surface area contributed by atoms with Crippen molar-refractivity contribution in [3.8, 4) is 0 Å². The van der Waals surface area contributed by atoms with Gasteiger partial charge < -0.3 is 20.3 Å². The van der Waals surface area contributed by atoms with E-state index in [0.717, 1.165) is 30.6 Å². The fourth-order valence-corrected chi connectivity index (χ4v) is 9.58. The van der Waals surface area contributed by atoms with Crippen LogP contribution in [0.5, 0.6) is 0 Å². The number of anilines is 1. The molecule has 0 bridgehead atoms. The van der Waals surface area contributed by atoms with E-state index in [-0.39, 0.29) is 44.3 Å². The number of thiazole rings is 1. The van der Waals surface area contributed by atoms with E-state index in [4.69, 9.17) is 4.74 Å². The zero-order valence-corrected chi connectivity index (χ0v) is 30.9. The summed E-state index contributed by atoms with van der Waals surface area (Å²) >= 11 is 1.46. The molecule has 2 aliphatic carbocycles. The second-order valence-corrected chi connectivity index (χ2v) is 17.9. The lowest BCUT2D eigenvalue weighted by Gasteiger charge is -2.29. The number of sulfonamides is 1. The zero-order chi connectivity index (χ0) is 36.8. The summed E-state index contributed by atoms with van der Waals surface area (Å²) in [4.78, 5) is 64.2. The number of carbonyl (C=O) groups excluding carboxylic acids is 4. The molecule has 0 spiro atoms. The molecule has 0 radical (unpaired) electrons. The fraction of sp³-hybridized carbons (Fsp3) is 0.583. The van der Waals surface area contributed by atoms with E-state index in [9.17, 15) is 32.0 Å². The number of rotatable bonds is 7. The molecule has 3 aliphatic heterocycles. The summed E-state index contributed by atoms with van der Waals surface area (Å²) in [6, 6.07) is 2.83. The topological polar surface area (TPSA) is 167 Å². The number of benzene rings is 1. The summed E-state index contributed by atoms with van der Waals surface area (Å²) in [5.74, 6) is -2.38. The number of carbonyl (C=O) groups is 4. The zero-order valence-electron chi connectivity index (χ0n) is 29.3. The van der Waals surface area contributed by atoms with Crippen molar-refractivity contribution in [1.82, 2.24) is 24.8 Å². The first kappa shape index (κ1) is 36.3. The molecule has 3 fully saturated rings. The standard InChI is InChI=1S/C36H45FN6O7S2/c1-21(2)30-17-38-34(51-30)39-28-12-7-5-3-4-6-10-23-16-36(23,33(46)41-52(48,49)25-13-14-25)40-31(44)29-15-24(19-43(29)32(28)45)50-35(47)42-18-22-9-8-11-27(37)26(22)20-42/h6,8-11,17,21,23-25,28-29H,3-5,7,12-16,18-20H2,1-2H3,(H,38,39)(H,40,44)(H,41,46)/b10-6-/t23-,24+,28-,29-,36-/m0/s1. The van der Waals surface area contributed by atoms with Crippen molar-refractivity contribution in [3.63, 3.8) is 0 Å². The molecular weight excluding hydrogens is 712 g/mol. The number of aromatic nitrogens is 1. The van der Waals surface area contributed by atoms with Crippen LogP contribution in [0, 0.1) is 11.7 Å². The molecule has 13 nitrogen and oxygen atoms in total. The van der Waals surface area contributed by atoms with Crippen LogP contribution in [0.2, 0.25) is 0 Å². The largest absolute Gasteiger partial charge is 0.444 e. The number of hydrogen-bond acceptors (Lipinski definition) is 10. The normalized spacial score (nSPS) is 28.5. The number of nitrogens with one attached hydrogen (secondary N) is 3. The molecule has 1 saturated heterocycles. The van der Waals surface area contributed by atoms with Crippen LogP contribution in [0.4, 0.5) is 14.3 Å². The summed E-state index contributed by atoms with van der Waals surface area (Å²) in [5, 5.41) is 6.12. The van der Waals surface area contributed by atoms with E-state index in [1.54, 1.807) is 18.3 Å². The molecule has 4 heterocycles. The van der Waals surface area contributed by atoms with Crippen molar-refractivity contribution in [2.24, 2.45) is 5.92 Å². The van der Waals surface area contributed by atoms with E-state index in [1.165, 1.54) is 27.2 Å². The predicted octanol–water partition coefficient (Wildman–Crippen LogP) is 4.31. The van der Waals surface area contributed by atoms with Crippen molar-refractivity contribution in [2.75, 3.05) is 11.9 Å². The van der Waals surface area contributed by atoms with Crippen molar-refractivity contribution in [1.29, 1.82) is 0 Å². The van der Waals surface area contributed by atoms with Gasteiger partial charge in [-0.3, -0.25) is 24.0 Å². The van der Waals surface area contributed by atoms with Crippen LogP contribution in [0.1, 0.15) is 93.6 Å². The second kappa shape index (κ2) is 14.4. The lowest BCUT2D eigenvalue weighted by Crippen LogP contribution is -2.57. The maximum atomic E-state index is 14.5. The molecule has 5 aliphatic rings. The minimum atomic E-state index is -3.89. The Morgan fingerprint density at radius 2 is 1.94 bits per heavy atom. The molecule has 2 saturated carbocycles. The Balaban J connectivity index is 1.15. The lowest BCUT2D eigenvalue weighted by atomic mass is 10.1. The number of amides is 4. The Bertz CT molecular complexity index is 1880. The average molecular weight is 757 g/mol. The van der Waals surface area contributed by atoms with Crippen LogP contribution in [0.25, 0.3) is 0 Å². The van der Waals surface area contributed by atoms with Gasteiger partial charge in [0.2, 0.25) is 21.8 Å². The van der Waals surface area contributed by atoms with Gasteiger partial charge in [-0.25, -0.2) is 22.6 Å². The SMILES string of the molecule is CC(C)c1cnc(N[C@H]2CCCCC/C=C\[C@H]3C[C@]3(C(=O)NS(=O)(=O)C3CC3)NC(=O)[C@@H]3C[C@@H](OC(=O)N4Cc5cccc(F)c5C4)CN3C2=O)s1. The van der Waals surface area contributed by atoms with Crippen LogP contribution in [-0.4, -0.2) is 82.5 Å². The average Bonchev–Trinajstić information content (AvgIpc) is 3.89. The van der Waals surface area contributed by atoms with E-state index < -0.39 is 68.6 Å². The van der Waals surface area contributed by atoms with Crippen LogP contribution in [0.15, 0.2) is 36.5 Å². The lowest BCUT2D eigenvalue weighted by molar-refractivity contribution is -0.140. The van der Waals surface area contributed by atoms with Gasteiger partial charge in [-0.1, -0.05) is 51.0 Å². The molecule has 280 valence electrons. The smallest absolute Gasteiger partial charge is 0.410 e. The molecule has 5 atom stereocenters. The van der Waals surface area contributed by atoms with E-state index in [1.807, 2.05) is 12.2 Å². The molecular formula is C36H45FN6O7S2. The Labute approximate surface area is 306 Å². The monoisotopic (exact) mass is 756 g/mol. The highest BCUT2D eigenvalue weighted by molar-refractivity contribution is 7.91. The van der Waals surface area contributed by atoms with E-state index in [2.05, 4.69) is 34.2 Å². The van der Waals surface area contributed by atoms with Gasteiger partial charge in [-0.05, 0) is 56.1 Å². The molecule has 4 amide bonds. The maximum absolute atomic E-state index is 14.5. The van der Waals surface area contributed by atoms with Crippen molar-refractivity contribution >= 4 is 50.3 Å². The fourth-order valence-electron chi connectivity index (χ4n) is 7.34. The van der Waals surface area contributed by atoms with Crippen molar-refractivity contribution in [2.45, 2.75) is 120 Å². The number of nitrogens with zero attached hydrogens (tertiary/aromatic N) is 3. The second-order valence-electron chi connectivity index (χ2n) is 14.9. The number of fused-ring (bicyclic) bond motifs is 3. The summed E-state index contributed by atoms with van der Waals surface area (Å²) in [6.07, 6.45) is 8.75. The summed E-state index contributed by atoms with van der Waals surface area (Å²) < 4.78 is 48.1. The number of allylic oxidation sites excluding steroid dienone is 1. The van der Waals surface area contributed by atoms with Gasteiger partial charge in [0.1, 0.15) is 29.5 Å². The number of halogens is 1. The van der Waals surface area contributed by atoms with Gasteiger partial charge in [0, 0.05) is 35.5 Å². The quantitative estimate of drug-likeness (QED) is 0.349. The van der Waals surface area contributed by atoms with Crippen LogP contribution in [0.3, 0.4) is 0 Å². The molecule has 1 aromatic carbocycles. The third kappa shape index (κ3) is 7.54. The van der Waals surface area contributed by atoms with E-state index in [0.29, 0.717) is 35.5 Å². The highest BCUT2D eigenvalue weighted by Gasteiger charge is 2.62. The molecule has 1 aromatic heterocycles. The predicted molar refractivity (Wildman–Crippen MR) is 191 cm³/mol. The molecule has 0 unspecified atom stereocenters. The van der Waals surface area contributed by atoms with Crippen LogP contribution in [-0.2, 0) is 42.2 Å². The number of hydrogen-bond donors (Lipinski definition) is 3. The van der Waals surface area contributed by atoms with Crippen LogP contribution < -0.4 is 15.4 Å². The molecule has 2 aromatic rings. The third-order valence-corrected chi connectivity index (χ3v) is 13.7. The first-order valence-electron chi connectivity index (χ1n) is 18.1. The highest BCUT2D eigenvalue weighted by Crippen LogP contribution is 2.46. The molecule has 16 heteroatoms. The first-order valence-corrected chi connectivity index (χ1v) is 20.5. The van der Waals surface area contributed by atoms with Gasteiger partial charge in [-0.2, -0.15) is 0 Å². The first-order chi connectivity index (χ1) is 24.8. The molecule has 52 heavy (non-hydrogen) atoms. The summed E-state index contributed by atoms with van der Waals surface area (Å²) in [7, 11) is -3.89. The highest BCUT2D eigenvalue weighted by atomic mass is 32.2. The van der Waals surface area contributed by atoms with Crippen molar-refractivity contribution < 1.29 is 36.7 Å². The number of ether oxygens (including phenoxy) is 1. The van der Waals surface area contributed by atoms with E-state index >= 15 is 0 Å².